The van der Waals surface area contributed by atoms with Crippen molar-refractivity contribution >= 4 is 0 Å². The first-order valence-corrected chi connectivity index (χ1v) is 3.99. The van der Waals surface area contributed by atoms with Gasteiger partial charge >= 0.3 is 0 Å². The Morgan fingerprint density at radius 1 is 1.09 bits per heavy atom. The average molecular weight is 160 g/mol. The van der Waals surface area contributed by atoms with Gasteiger partial charge in [-0.05, 0) is 33.1 Å². The Kier molecular flexibility index (Phi) is 1.99. The van der Waals surface area contributed by atoms with Crippen molar-refractivity contribution in [3.8, 4) is 0 Å². The van der Waals surface area contributed by atoms with Gasteiger partial charge in [-0.15, -0.1) is 0 Å². The second-order valence-corrected chi connectivity index (χ2v) is 3.97. The van der Waals surface area contributed by atoms with Crippen molar-refractivity contribution in [1.82, 2.24) is 0 Å². The summed E-state index contributed by atoms with van der Waals surface area (Å²) < 4.78 is 0. The summed E-state index contributed by atoms with van der Waals surface area (Å²) in [6.07, 6.45) is 0.856. The summed E-state index contributed by atoms with van der Waals surface area (Å²) in [6, 6.07) is 0. The lowest BCUT2D eigenvalue weighted by atomic mass is 9.74. The van der Waals surface area contributed by atoms with Gasteiger partial charge in [0.1, 0.15) is 6.10 Å². The minimum absolute atomic E-state index is 0.560. The molecular formula is C8H16O3. The van der Waals surface area contributed by atoms with E-state index in [1.807, 2.05) is 0 Å². The molecule has 0 bridgehead atoms. The predicted molar refractivity (Wildman–Crippen MR) is 41.1 cm³/mol. The first-order chi connectivity index (χ1) is 4.86. The number of aliphatic hydroxyl groups excluding tert-OH is 1. The quantitative estimate of drug-likeness (QED) is 0.468. The molecule has 11 heavy (non-hydrogen) atoms. The molecule has 66 valence electrons. The Labute approximate surface area is 66.7 Å². The fourth-order valence-corrected chi connectivity index (χ4v) is 1.75. The van der Waals surface area contributed by atoms with Crippen LogP contribution in [-0.2, 0) is 0 Å². The molecular weight excluding hydrogens is 144 g/mol. The van der Waals surface area contributed by atoms with Crippen LogP contribution in [0.1, 0.15) is 33.1 Å². The van der Waals surface area contributed by atoms with Crippen LogP contribution in [0.25, 0.3) is 0 Å². The zero-order chi connectivity index (χ0) is 8.70. The molecule has 0 heterocycles. The van der Waals surface area contributed by atoms with E-state index in [2.05, 4.69) is 0 Å². The molecule has 3 heteroatoms. The Hall–Kier alpha value is -0.120. The van der Waals surface area contributed by atoms with E-state index in [9.17, 15) is 15.3 Å². The van der Waals surface area contributed by atoms with Gasteiger partial charge in [-0.1, -0.05) is 0 Å². The van der Waals surface area contributed by atoms with E-state index in [-0.39, 0.29) is 0 Å². The molecule has 0 radical (unpaired) electrons. The Morgan fingerprint density at radius 2 is 1.45 bits per heavy atom. The molecule has 0 aliphatic heterocycles. The highest BCUT2D eigenvalue weighted by atomic mass is 16.4. The third kappa shape index (κ3) is 1.55. The molecule has 1 rings (SSSR count). The van der Waals surface area contributed by atoms with Crippen molar-refractivity contribution in [1.29, 1.82) is 0 Å². The van der Waals surface area contributed by atoms with Crippen LogP contribution >= 0.6 is 0 Å². The van der Waals surface area contributed by atoms with Gasteiger partial charge in [0.15, 0.2) is 0 Å². The minimum atomic E-state index is -1.12. The normalized spacial score (nSPS) is 52.6. The highest BCUT2D eigenvalue weighted by Gasteiger charge is 2.46. The number of aliphatic hydroxyl groups is 3. The Balaban J connectivity index is 2.76. The third-order valence-corrected chi connectivity index (χ3v) is 2.54. The van der Waals surface area contributed by atoms with Crippen LogP contribution in [0.2, 0.25) is 0 Å². The molecule has 0 aromatic heterocycles. The van der Waals surface area contributed by atoms with E-state index in [1.165, 1.54) is 0 Å². The van der Waals surface area contributed by atoms with Crippen LogP contribution in [-0.4, -0.2) is 32.6 Å². The van der Waals surface area contributed by atoms with Gasteiger partial charge in [0.2, 0.25) is 0 Å². The summed E-state index contributed by atoms with van der Waals surface area (Å²) in [6.45, 7) is 3.12. The lowest BCUT2D eigenvalue weighted by Crippen LogP contribution is -2.56. The highest BCUT2D eigenvalue weighted by Crippen LogP contribution is 2.34. The molecule has 0 amide bonds. The van der Waals surface area contributed by atoms with Gasteiger partial charge in [0.25, 0.3) is 0 Å². The molecule has 0 aromatic rings. The smallest absolute Gasteiger partial charge is 0.111 e. The van der Waals surface area contributed by atoms with E-state index < -0.39 is 17.3 Å². The largest absolute Gasteiger partial charge is 0.387 e. The van der Waals surface area contributed by atoms with Crippen molar-refractivity contribution in [3.63, 3.8) is 0 Å². The van der Waals surface area contributed by atoms with Crippen LogP contribution < -0.4 is 0 Å². The van der Waals surface area contributed by atoms with Crippen molar-refractivity contribution in [2.45, 2.75) is 50.4 Å². The summed E-state index contributed by atoms with van der Waals surface area (Å²) >= 11 is 0. The van der Waals surface area contributed by atoms with Crippen molar-refractivity contribution in [3.05, 3.63) is 0 Å². The van der Waals surface area contributed by atoms with Crippen LogP contribution in [0.3, 0.4) is 0 Å². The standard InChI is InChI=1S/C8H16O3/c1-7(10)4-3-5-8(2,11)6(7)9/h6,9-11H,3-5H2,1-2H3/t6?,7-,8+. The monoisotopic (exact) mass is 160 g/mol. The van der Waals surface area contributed by atoms with E-state index in [4.69, 9.17) is 0 Å². The predicted octanol–water partition coefficient (Wildman–Crippen LogP) is 0.0332. The van der Waals surface area contributed by atoms with E-state index >= 15 is 0 Å². The molecule has 0 saturated heterocycles. The van der Waals surface area contributed by atoms with Gasteiger partial charge in [-0.2, -0.15) is 0 Å². The summed E-state index contributed by atoms with van der Waals surface area (Å²) in [5, 5.41) is 28.6. The molecule has 1 aliphatic rings. The molecule has 1 fully saturated rings. The minimum Gasteiger partial charge on any atom is -0.387 e. The summed E-state index contributed by atoms with van der Waals surface area (Å²) in [7, 11) is 0. The van der Waals surface area contributed by atoms with E-state index in [0.29, 0.717) is 12.8 Å². The summed E-state index contributed by atoms with van der Waals surface area (Å²) in [5.74, 6) is 0. The van der Waals surface area contributed by atoms with Gasteiger partial charge in [-0.3, -0.25) is 0 Å². The topological polar surface area (TPSA) is 60.7 Å². The van der Waals surface area contributed by atoms with Gasteiger partial charge in [0.05, 0.1) is 11.2 Å². The zero-order valence-electron chi connectivity index (χ0n) is 7.04. The first-order valence-electron chi connectivity index (χ1n) is 3.99. The number of hydrogen-bond acceptors (Lipinski definition) is 3. The number of hydrogen-bond donors (Lipinski definition) is 3. The molecule has 0 aromatic carbocycles. The molecule has 1 unspecified atom stereocenters. The highest BCUT2D eigenvalue weighted by molar-refractivity contribution is 4.98. The van der Waals surface area contributed by atoms with E-state index in [1.54, 1.807) is 13.8 Å². The van der Waals surface area contributed by atoms with E-state index in [0.717, 1.165) is 6.42 Å². The Morgan fingerprint density at radius 3 is 1.73 bits per heavy atom. The third-order valence-electron chi connectivity index (χ3n) is 2.54. The maximum Gasteiger partial charge on any atom is 0.111 e. The van der Waals surface area contributed by atoms with Crippen LogP contribution in [0, 0.1) is 0 Å². The maximum absolute atomic E-state index is 9.57. The lowest BCUT2D eigenvalue weighted by molar-refractivity contribution is -0.184. The average Bonchev–Trinajstić information content (AvgIpc) is 1.82. The maximum atomic E-state index is 9.57. The van der Waals surface area contributed by atoms with Gasteiger partial charge in [0, 0.05) is 0 Å². The molecule has 1 saturated carbocycles. The second kappa shape index (κ2) is 2.44. The first kappa shape index (κ1) is 8.97. The summed E-state index contributed by atoms with van der Waals surface area (Å²) in [5.41, 5.74) is -2.25. The van der Waals surface area contributed by atoms with Gasteiger partial charge in [-0.25, -0.2) is 0 Å². The number of rotatable bonds is 0. The van der Waals surface area contributed by atoms with Gasteiger partial charge < -0.3 is 15.3 Å². The summed E-state index contributed by atoms with van der Waals surface area (Å²) in [4.78, 5) is 0. The molecule has 1 aliphatic carbocycles. The van der Waals surface area contributed by atoms with Crippen molar-refractivity contribution < 1.29 is 15.3 Å². The zero-order valence-corrected chi connectivity index (χ0v) is 7.04. The Bertz CT molecular complexity index is 135. The fraction of sp³-hybridized carbons (Fsp3) is 1.00. The lowest BCUT2D eigenvalue weighted by Gasteiger charge is -2.43. The molecule has 3 nitrogen and oxygen atoms in total. The molecule has 3 N–H and O–H groups in total. The molecule has 0 spiro atoms. The van der Waals surface area contributed by atoms with Crippen LogP contribution in [0.15, 0.2) is 0 Å². The fourth-order valence-electron chi connectivity index (χ4n) is 1.75. The van der Waals surface area contributed by atoms with Crippen LogP contribution in [0.5, 0.6) is 0 Å². The van der Waals surface area contributed by atoms with Crippen molar-refractivity contribution in [2.75, 3.05) is 0 Å². The SMILES string of the molecule is C[C@]1(O)CCC[C@@](C)(O)C1O. The second-order valence-electron chi connectivity index (χ2n) is 3.97. The van der Waals surface area contributed by atoms with Crippen LogP contribution in [0.4, 0.5) is 0 Å². The van der Waals surface area contributed by atoms with Crippen molar-refractivity contribution in [2.24, 2.45) is 0 Å². The molecule has 3 atom stereocenters.